The summed E-state index contributed by atoms with van der Waals surface area (Å²) in [6, 6.07) is 9.86. The van der Waals surface area contributed by atoms with Crippen LogP contribution in [-0.2, 0) is 0 Å². The fourth-order valence-corrected chi connectivity index (χ4v) is 3.55. The largest absolute Gasteiger partial charge is 0.381 e. The second kappa shape index (κ2) is 7.74. The van der Waals surface area contributed by atoms with Crippen LogP contribution in [0.5, 0.6) is 0 Å². The molecule has 0 spiro atoms. The van der Waals surface area contributed by atoms with Crippen LogP contribution in [0.25, 0.3) is 0 Å². The Morgan fingerprint density at radius 2 is 1.92 bits per heavy atom. The molecule has 0 bridgehead atoms. The van der Waals surface area contributed by atoms with E-state index in [1.807, 2.05) is 38.1 Å². The first-order valence-corrected chi connectivity index (χ1v) is 9.10. The average Bonchev–Trinajstić information content (AvgIpc) is 2.56. The van der Waals surface area contributed by atoms with Crippen molar-refractivity contribution in [2.45, 2.75) is 51.6 Å². The minimum absolute atomic E-state index is 0.150. The number of benzene rings is 1. The molecule has 0 saturated heterocycles. The number of carbonyl (C=O) groups excluding carboxylic acids is 1. The summed E-state index contributed by atoms with van der Waals surface area (Å²) in [6.07, 6.45) is 4.46. The maximum atomic E-state index is 11.8. The molecular weight excluding hydrogens is 326 g/mol. The quantitative estimate of drug-likeness (QED) is 0.660. The minimum Gasteiger partial charge on any atom is -0.381 e. The van der Waals surface area contributed by atoms with E-state index in [0.29, 0.717) is 17.1 Å². The zero-order chi connectivity index (χ0) is 18.7. The molecule has 6 heteroatoms. The number of primary amides is 1. The molecule has 1 fully saturated rings. The Hall–Kier alpha value is -2.60. The Morgan fingerprint density at radius 3 is 2.62 bits per heavy atom. The second-order valence-corrected chi connectivity index (χ2v) is 7.12. The van der Waals surface area contributed by atoms with E-state index in [1.165, 1.54) is 12.8 Å². The Bertz CT molecular complexity index is 785. The Balaban J connectivity index is 1.87. The molecule has 6 nitrogen and oxygen atoms in total. The van der Waals surface area contributed by atoms with Gasteiger partial charge < -0.3 is 22.1 Å². The number of aryl methyl sites for hydroxylation is 2. The molecule has 0 aliphatic heterocycles. The number of amides is 1. The molecule has 0 radical (unpaired) electrons. The van der Waals surface area contributed by atoms with Crippen LogP contribution in [0.3, 0.4) is 0 Å². The fourth-order valence-electron chi connectivity index (χ4n) is 3.55. The summed E-state index contributed by atoms with van der Waals surface area (Å²) in [5.41, 5.74) is 15.8. The van der Waals surface area contributed by atoms with Gasteiger partial charge in [0.05, 0.1) is 11.3 Å². The third-order valence-electron chi connectivity index (χ3n) is 4.82. The highest BCUT2D eigenvalue weighted by Gasteiger charge is 2.22. The molecule has 2 atom stereocenters. The van der Waals surface area contributed by atoms with Gasteiger partial charge in [-0.3, -0.25) is 4.79 Å². The molecule has 6 N–H and O–H groups in total. The Labute approximate surface area is 154 Å². The predicted molar refractivity (Wildman–Crippen MR) is 106 cm³/mol. The van der Waals surface area contributed by atoms with Crippen LogP contribution in [-0.4, -0.2) is 23.0 Å². The normalized spacial score (nSPS) is 19.8. The summed E-state index contributed by atoms with van der Waals surface area (Å²) < 4.78 is 0. The number of nitrogens with zero attached hydrogens (tertiary/aromatic N) is 1. The lowest BCUT2D eigenvalue weighted by atomic mass is 9.91. The molecular formula is C20H27N5O. The topological polar surface area (TPSA) is 106 Å². The third-order valence-corrected chi connectivity index (χ3v) is 4.82. The predicted octanol–water partition coefficient (Wildman–Crippen LogP) is 3.22. The lowest BCUT2D eigenvalue weighted by molar-refractivity contribution is 0.100. The van der Waals surface area contributed by atoms with Crippen molar-refractivity contribution in [2.24, 2.45) is 11.5 Å². The maximum Gasteiger partial charge on any atom is 0.250 e. The molecule has 1 saturated carbocycles. The second-order valence-electron chi connectivity index (χ2n) is 7.12. The molecule has 1 aromatic heterocycles. The zero-order valence-corrected chi connectivity index (χ0v) is 15.4. The summed E-state index contributed by atoms with van der Waals surface area (Å²) in [5.74, 6) is 0.217. The highest BCUT2D eigenvalue weighted by molar-refractivity contribution is 5.99. The SMILES string of the molecule is Cc1cc(C)nc(Nc2cc(N[C@H]3CCCC[C@H]3N)ccc2C(N)=O)c1. The monoisotopic (exact) mass is 353 g/mol. The number of pyridine rings is 1. The van der Waals surface area contributed by atoms with E-state index in [9.17, 15) is 4.79 Å². The van der Waals surface area contributed by atoms with Crippen molar-refractivity contribution in [1.29, 1.82) is 0 Å². The number of hydrogen-bond donors (Lipinski definition) is 4. The lowest BCUT2D eigenvalue weighted by Gasteiger charge is -2.30. The Kier molecular flexibility index (Phi) is 5.42. The number of nitrogens with one attached hydrogen (secondary N) is 2. The van der Waals surface area contributed by atoms with Gasteiger partial charge in [0, 0.05) is 23.5 Å². The van der Waals surface area contributed by atoms with Gasteiger partial charge in [0.15, 0.2) is 0 Å². The molecule has 2 aromatic rings. The fraction of sp³-hybridized carbons (Fsp3) is 0.400. The van der Waals surface area contributed by atoms with Crippen molar-refractivity contribution in [2.75, 3.05) is 10.6 Å². The van der Waals surface area contributed by atoms with Crippen LogP contribution in [0.2, 0.25) is 0 Å². The smallest absolute Gasteiger partial charge is 0.250 e. The van der Waals surface area contributed by atoms with Crippen LogP contribution in [0.4, 0.5) is 17.2 Å². The maximum absolute atomic E-state index is 11.8. The summed E-state index contributed by atoms with van der Waals surface area (Å²) in [7, 11) is 0. The van der Waals surface area contributed by atoms with Gasteiger partial charge >= 0.3 is 0 Å². The average molecular weight is 353 g/mol. The van der Waals surface area contributed by atoms with Crippen molar-refractivity contribution in [3.8, 4) is 0 Å². The molecule has 1 amide bonds. The van der Waals surface area contributed by atoms with Crippen molar-refractivity contribution in [3.63, 3.8) is 0 Å². The molecule has 138 valence electrons. The highest BCUT2D eigenvalue weighted by atomic mass is 16.1. The number of hydrogen-bond acceptors (Lipinski definition) is 5. The van der Waals surface area contributed by atoms with E-state index in [2.05, 4.69) is 15.6 Å². The first-order chi connectivity index (χ1) is 12.4. The van der Waals surface area contributed by atoms with Crippen LogP contribution in [0, 0.1) is 13.8 Å². The van der Waals surface area contributed by atoms with Crippen molar-refractivity contribution >= 4 is 23.1 Å². The molecule has 1 aliphatic carbocycles. The highest BCUT2D eigenvalue weighted by Crippen LogP contribution is 2.27. The summed E-state index contributed by atoms with van der Waals surface area (Å²) >= 11 is 0. The van der Waals surface area contributed by atoms with Gasteiger partial charge in [-0.05, 0) is 62.6 Å². The number of anilines is 3. The van der Waals surface area contributed by atoms with Gasteiger partial charge in [-0.25, -0.2) is 4.98 Å². The number of aromatic nitrogens is 1. The molecule has 0 unspecified atom stereocenters. The summed E-state index contributed by atoms with van der Waals surface area (Å²) in [5, 5.41) is 6.75. The minimum atomic E-state index is -0.474. The first kappa shape index (κ1) is 18.2. The van der Waals surface area contributed by atoms with Crippen LogP contribution < -0.4 is 22.1 Å². The van der Waals surface area contributed by atoms with Gasteiger partial charge in [-0.1, -0.05) is 12.8 Å². The first-order valence-electron chi connectivity index (χ1n) is 9.10. The van der Waals surface area contributed by atoms with E-state index in [0.717, 1.165) is 29.8 Å². The van der Waals surface area contributed by atoms with Gasteiger partial charge in [0.25, 0.3) is 5.91 Å². The van der Waals surface area contributed by atoms with E-state index in [1.54, 1.807) is 6.07 Å². The van der Waals surface area contributed by atoms with Crippen molar-refractivity contribution in [3.05, 3.63) is 47.2 Å². The van der Waals surface area contributed by atoms with Gasteiger partial charge in [-0.15, -0.1) is 0 Å². The number of rotatable bonds is 5. The third kappa shape index (κ3) is 4.32. The van der Waals surface area contributed by atoms with Gasteiger partial charge in [-0.2, -0.15) is 0 Å². The summed E-state index contributed by atoms with van der Waals surface area (Å²) in [4.78, 5) is 16.3. The van der Waals surface area contributed by atoms with E-state index < -0.39 is 5.91 Å². The van der Waals surface area contributed by atoms with Gasteiger partial charge in [0.1, 0.15) is 5.82 Å². The summed E-state index contributed by atoms with van der Waals surface area (Å²) in [6.45, 7) is 3.95. The van der Waals surface area contributed by atoms with E-state index >= 15 is 0 Å². The molecule has 1 aliphatic rings. The number of carbonyl (C=O) groups is 1. The number of nitrogens with two attached hydrogens (primary N) is 2. The van der Waals surface area contributed by atoms with Crippen LogP contribution >= 0.6 is 0 Å². The lowest BCUT2D eigenvalue weighted by Crippen LogP contribution is -2.42. The van der Waals surface area contributed by atoms with Crippen LogP contribution in [0.1, 0.15) is 47.3 Å². The molecule has 1 heterocycles. The molecule has 3 rings (SSSR count). The van der Waals surface area contributed by atoms with Gasteiger partial charge in [0.2, 0.25) is 0 Å². The zero-order valence-electron chi connectivity index (χ0n) is 15.4. The Morgan fingerprint density at radius 1 is 1.15 bits per heavy atom. The standard InChI is InChI=1S/C20H27N5O/c1-12-9-13(2)23-19(10-12)25-18-11-14(7-8-15(18)20(22)26)24-17-6-4-3-5-16(17)21/h7-11,16-17,24H,3-6,21H2,1-2H3,(H2,22,26)(H,23,25)/t16-,17+/m1/s1. The van der Waals surface area contributed by atoms with E-state index in [4.69, 9.17) is 11.5 Å². The molecule has 1 aromatic carbocycles. The van der Waals surface area contributed by atoms with E-state index in [-0.39, 0.29) is 12.1 Å². The van der Waals surface area contributed by atoms with Crippen molar-refractivity contribution in [1.82, 2.24) is 4.98 Å². The van der Waals surface area contributed by atoms with Crippen LogP contribution in [0.15, 0.2) is 30.3 Å². The van der Waals surface area contributed by atoms with Crippen molar-refractivity contribution < 1.29 is 4.79 Å². The molecule has 26 heavy (non-hydrogen) atoms.